The molecule has 2 aromatic rings. The van der Waals surface area contributed by atoms with Crippen molar-refractivity contribution in [2.45, 2.75) is 19.4 Å². The first kappa shape index (κ1) is 13.1. The van der Waals surface area contributed by atoms with Gasteiger partial charge in [0.25, 0.3) is 0 Å². The van der Waals surface area contributed by atoms with Crippen LogP contribution in [0.15, 0.2) is 42.7 Å². The number of ether oxygens (including phenoxy) is 1. The maximum atomic E-state index is 5.88. The molecule has 0 amide bonds. The lowest BCUT2D eigenvalue weighted by Crippen LogP contribution is -2.43. The van der Waals surface area contributed by atoms with Gasteiger partial charge in [-0.15, -0.1) is 0 Å². The summed E-state index contributed by atoms with van der Waals surface area (Å²) in [6, 6.07) is 12.5. The lowest BCUT2D eigenvalue weighted by molar-refractivity contribution is 0.0408. The molecule has 1 fully saturated rings. The second-order valence-electron chi connectivity index (χ2n) is 5.15. The smallest absolute Gasteiger partial charge is 0.132 e. The largest absolute Gasteiger partial charge is 0.374 e. The molecule has 4 heteroatoms. The van der Waals surface area contributed by atoms with Crippen LogP contribution in [0, 0.1) is 6.92 Å². The van der Waals surface area contributed by atoms with Crippen molar-refractivity contribution in [3.8, 4) is 0 Å². The third kappa shape index (κ3) is 3.14. The number of rotatable bonds is 3. The van der Waals surface area contributed by atoms with E-state index in [0.717, 1.165) is 37.6 Å². The van der Waals surface area contributed by atoms with Crippen molar-refractivity contribution in [2.24, 2.45) is 0 Å². The zero-order valence-electron chi connectivity index (χ0n) is 11.7. The third-order valence-corrected chi connectivity index (χ3v) is 3.56. The van der Waals surface area contributed by atoms with Crippen molar-refractivity contribution >= 4 is 5.82 Å². The van der Waals surface area contributed by atoms with E-state index in [2.05, 4.69) is 39.1 Å². The van der Waals surface area contributed by atoms with Gasteiger partial charge in [-0.1, -0.05) is 30.3 Å². The molecule has 3 rings (SSSR count). The Hall–Kier alpha value is -1.94. The van der Waals surface area contributed by atoms with Gasteiger partial charge in [0.15, 0.2) is 0 Å². The highest BCUT2D eigenvalue weighted by atomic mass is 16.5. The average Bonchev–Trinajstić information content (AvgIpc) is 2.49. The van der Waals surface area contributed by atoms with Gasteiger partial charge in [0.1, 0.15) is 12.1 Å². The highest BCUT2D eigenvalue weighted by Crippen LogP contribution is 2.17. The number of hydrogen-bond donors (Lipinski definition) is 0. The number of nitrogens with zero attached hydrogens (tertiary/aromatic N) is 3. The van der Waals surface area contributed by atoms with Gasteiger partial charge < -0.3 is 9.64 Å². The highest BCUT2D eigenvalue weighted by molar-refractivity contribution is 5.39. The van der Waals surface area contributed by atoms with Crippen molar-refractivity contribution < 1.29 is 4.74 Å². The predicted molar refractivity (Wildman–Crippen MR) is 78.9 cm³/mol. The van der Waals surface area contributed by atoms with Crippen molar-refractivity contribution in [2.75, 3.05) is 24.6 Å². The molecule has 1 aromatic heterocycles. The summed E-state index contributed by atoms with van der Waals surface area (Å²) in [4.78, 5) is 10.8. The lowest BCUT2D eigenvalue weighted by atomic mass is 10.1. The van der Waals surface area contributed by atoms with Gasteiger partial charge in [-0.3, -0.25) is 0 Å². The number of hydrogen-bond acceptors (Lipinski definition) is 4. The predicted octanol–water partition coefficient (Wildman–Crippen LogP) is 2.23. The Kier molecular flexibility index (Phi) is 3.92. The van der Waals surface area contributed by atoms with Gasteiger partial charge in [-0.2, -0.15) is 0 Å². The van der Waals surface area contributed by atoms with E-state index in [4.69, 9.17) is 4.74 Å². The fourth-order valence-corrected chi connectivity index (χ4v) is 2.54. The molecular formula is C16H19N3O. The summed E-state index contributed by atoms with van der Waals surface area (Å²) >= 11 is 0. The molecule has 0 saturated carbocycles. The molecule has 0 aliphatic carbocycles. The van der Waals surface area contributed by atoms with E-state index in [9.17, 15) is 0 Å². The van der Waals surface area contributed by atoms with Crippen LogP contribution < -0.4 is 4.90 Å². The van der Waals surface area contributed by atoms with Crippen molar-refractivity contribution in [3.05, 3.63) is 54.0 Å². The fourth-order valence-electron chi connectivity index (χ4n) is 2.54. The first-order chi connectivity index (χ1) is 9.81. The minimum Gasteiger partial charge on any atom is -0.374 e. The summed E-state index contributed by atoms with van der Waals surface area (Å²) in [5.74, 6) is 0.999. The van der Waals surface area contributed by atoms with Crippen LogP contribution in [-0.4, -0.2) is 35.8 Å². The van der Waals surface area contributed by atoms with Crippen molar-refractivity contribution in [1.29, 1.82) is 0 Å². The second-order valence-corrected chi connectivity index (χ2v) is 5.15. The van der Waals surface area contributed by atoms with Crippen molar-refractivity contribution in [3.63, 3.8) is 0 Å². The van der Waals surface area contributed by atoms with Crippen LogP contribution in [-0.2, 0) is 11.2 Å². The Balaban J connectivity index is 1.67. The summed E-state index contributed by atoms with van der Waals surface area (Å²) in [6.07, 6.45) is 2.80. The molecule has 1 atom stereocenters. The molecular weight excluding hydrogens is 250 g/mol. The number of aryl methyl sites for hydroxylation is 1. The summed E-state index contributed by atoms with van der Waals surface area (Å²) in [5.41, 5.74) is 2.32. The average molecular weight is 269 g/mol. The number of anilines is 1. The van der Waals surface area contributed by atoms with Crippen LogP contribution >= 0.6 is 0 Å². The highest BCUT2D eigenvalue weighted by Gasteiger charge is 2.21. The third-order valence-electron chi connectivity index (χ3n) is 3.56. The Morgan fingerprint density at radius 3 is 2.90 bits per heavy atom. The summed E-state index contributed by atoms with van der Waals surface area (Å²) < 4.78 is 5.88. The van der Waals surface area contributed by atoms with Crippen LogP contribution in [0.3, 0.4) is 0 Å². The van der Waals surface area contributed by atoms with E-state index in [1.54, 1.807) is 6.33 Å². The molecule has 1 aromatic carbocycles. The Morgan fingerprint density at radius 1 is 1.25 bits per heavy atom. The van der Waals surface area contributed by atoms with E-state index in [1.807, 2.05) is 19.1 Å². The van der Waals surface area contributed by atoms with Crippen LogP contribution in [0.4, 0.5) is 5.82 Å². The van der Waals surface area contributed by atoms with Gasteiger partial charge >= 0.3 is 0 Å². The lowest BCUT2D eigenvalue weighted by Gasteiger charge is -2.33. The molecule has 20 heavy (non-hydrogen) atoms. The first-order valence-corrected chi connectivity index (χ1v) is 7.00. The topological polar surface area (TPSA) is 38.2 Å². The normalized spacial score (nSPS) is 19.1. The molecule has 0 bridgehead atoms. The molecule has 1 aliphatic heterocycles. The SMILES string of the molecule is Cc1cc(N2CCO[C@@H](Cc3ccccc3)C2)ncn1. The van der Waals surface area contributed by atoms with E-state index in [-0.39, 0.29) is 6.10 Å². The van der Waals surface area contributed by atoms with Crippen LogP contribution in [0.5, 0.6) is 0 Å². The van der Waals surface area contributed by atoms with Crippen LogP contribution in [0.25, 0.3) is 0 Å². The summed E-state index contributed by atoms with van der Waals surface area (Å²) in [7, 11) is 0. The molecule has 0 spiro atoms. The Labute approximate surface area is 119 Å². The van der Waals surface area contributed by atoms with Gasteiger partial charge in [0.2, 0.25) is 0 Å². The van der Waals surface area contributed by atoms with Crippen LogP contribution in [0.1, 0.15) is 11.3 Å². The molecule has 0 radical (unpaired) electrons. The molecule has 1 aliphatic rings. The number of morpholine rings is 1. The number of benzene rings is 1. The Bertz CT molecular complexity index is 559. The van der Waals surface area contributed by atoms with Crippen LogP contribution in [0.2, 0.25) is 0 Å². The minimum atomic E-state index is 0.224. The maximum absolute atomic E-state index is 5.88. The molecule has 2 heterocycles. The van der Waals surface area contributed by atoms with E-state index < -0.39 is 0 Å². The zero-order valence-corrected chi connectivity index (χ0v) is 11.7. The Morgan fingerprint density at radius 2 is 2.10 bits per heavy atom. The second kappa shape index (κ2) is 6.01. The fraction of sp³-hybridized carbons (Fsp3) is 0.375. The molecule has 1 saturated heterocycles. The molecule has 104 valence electrons. The van der Waals surface area contributed by atoms with Gasteiger partial charge in [0, 0.05) is 31.3 Å². The summed E-state index contributed by atoms with van der Waals surface area (Å²) in [6.45, 7) is 4.51. The quantitative estimate of drug-likeness (QED) is 0.856. The van der Waals surface area contributed by atoms with E-state index >= 15 is 0 Å². The monoisotopic (exact) mass is 269 g/mol. The van der Waals surface area contributed by atoms with E-state index in [1.165, 1.54) is 5.56 Å². The van der Waals surface area contributed by atoms with Gasteiger partial charge in [-0.05, 0) is 12.5 Å². The molecule has 0 unspecified atom stereocenters. The first-order valence-electron chi connectivity index (χ1n) is 7.00. The van der Waals surface area contributed by atoms with E-state index in [0.29, 0.717) is 0 Å². The molecule has 4 nitrogen and oxygen atoms in total. The maximum Gasteiger partial charge on any atom is 0.132 e. The minimum absolute atomic E-state index is 0.224. The zero-order chi connectivity index (χ0) is 13.8. The van der Waals surface area contributed by atoms with Crippen molar-refractivity contribution in [1.82, 2.24) is 9.97 Å². The standard InChI is InChI=1S/C16H19N3O/c1-13-9-16(18-12-17-13)19-7-8-20-15(11-19)10-14-5-3-2-4-6-14/h2-6,9,12,15H,7-8,10-11H2,1H3/t15-/m0/s1. The van der Waals surface area contributed by atoms with Gasteiger partial charge in [0.05, 0.1) is 12.7 Å². The summed E-state index contributed by atoms with van der Waals surface area (Å²) in [5, 5.41) is 0. The van der Waals surface area contributed by atoms with Gasteiger partial charge in [-0.25, -0.2) is 9.97 Å². The molecule has 0 N–H and O–H groups in total. The number of aromatic nitrogens is 2.